The van der Waals surface area contributed by atoms with Gasteiger partial charge in [-0.3, -0.25) is 0 Å². The summed E-state index contributed by atoms with van der Waals surface area (Å²) in [4.78, 5) is 26.3. The fourth-order valence-electron chi connectivity index (χ4n) is 8.18. The number of benzene rings is 8. The fraction of sp³-hybridized carbons (Fsp3) is 0. The predicted molar refractivity (Wildman–Crippen MR) is 238 cm³/mol. The SMILES string of the molecule is c1ccc(-c2cccc3c2ccc2c(-c4ccccc4)nc(-c4cccc(-c5nc(-c6ccccc6)c6ccc7c(-c8ccccc8)cccc7c6n5)n4)nc23)cc1. The predicted octanol–water partition coefficient (Wildman–Crippen LogP) is 13.3. The highest BCUT2D eigenvalue weighted by Gasteiger charge is 2.19. The maximum Gasteiger partial charge on any atom is 0.179 e. The van der Waals surface area contributed by atoms with Crippen LogP contribution in [0.2, 0.25) is 0 Å². The Bertz CT molecular complexity index is 3090. The number of hydrogen-bond donors (Lipinski definition) is 0. The molecule has 5 nitrogen and oxygen atoms in total. The normalized spacial score (nSPS) is 11.4. The Labute approximate surface area is 335 Å². The Morgan fingerprint density at radius 2 is 0.586 bits per heavy atom. The Kier molecular flexibility index (Phi) is 8.07. The minimum atomic E-state index is 0.535. The molecule has 5 heteroatoms. The molecule has 0 radical (unpaired) electrons. The van der Waals surface area contributed by atoms with Crippen LogP contribution in [-0.4, -0.2) is 24.9 Å². The van der Waals surface area contributed by atoms with Crippen molar-refractivity contribution in [2.24, 2.45) is 0 Å². The van der Waals surface area contributed by atoms with Gasteiger partial charge in [0.25, 0.3) is 0 Å². The minimum Gasteiger partial charge on any atom is -0.241 e. The number of nitrogens with zero attached hydrogens (tertiary/aromatic N) is 5. The van der Waals surface area contributed by atoms with Gasteiger partial charge in [0, 0.05) is 32.7 Å². The first-order chi connectivity index (χ1) is 28.8. The zero-order chi connectivity index (χ0) is 38.4. The molecule has 11 rings (SSSR count). The molecular formula is C53H33N5. The average molecular weight is 740 g/mol. The van der Waals surface area contributed by atoms with Gasteiger partial charge in [-0.2, -0.15) is 0 Å². The summed E-state index contributed by atoms with van der Waals surface area (Å²) in [5.41, 5.74) is 11.4. The topological polar surface area (TPSA) is 64.5 Å². The van der Waals surface area contributed by atoms with Crippen molar-refractivity contribution in [2.45, 2.75) is 0 Å². The molecule has 0 spiro atoms. The fourth-order valence-corrected chi connectivity index (χ4v) is 8.18. The van der Waals surface area contributed by atoms with Crippen molar-refractivity contribution in [2.75, 3.05) is 0 Å². The lowest BCUT2D eigenvalue weighted by Crippen LogP contribution is -2.00. The Hall–Kier alpha value is -7.89. The molecule has 0 atom stereocenters. The molecule has 0 amide bonds. The molecule has 8 aromatic carbocycles. The summed E-state index contributed by atoms with van der Waals surface area (Å²) in [6.07, 6.45) is 0. The molecule has 0 N–H and O–H groups in total. The van der Waals surface area contributed by atoms with E-state index in [9.17, 15) is 0 Å². The smallest absolute Gasteiger partial charge is 0.179 e. The van der Waals surface area contributed by atoms with Gasteiger partial charge in [0.15, 0.2) is 11.6 Å². The summed E-state index contributed by atoms with van der Waals surface area (Å²) in [7, 11) is 0. The molecule has 11 aromatic rings. The Balaban J connectivity index is 1.13. The van der Waals surface area contributed by atoms with Crippen molar-refractivity contribution >= 4 is 43.4 Å². The van der Waals surface area contributed by atoms with Gasteiger partial charge in [0.2, 0.25) is 0 Å². The van der Waals surface area contributed by atoms with E-state index in [4.69, 9.17) is 24.9 Å². The van der Waals surface area contributed by atoms with E-state index in [1.807, 2.05) is 66.7 Å². The van der Waals surface area contributed by atoms with Crippen LogP contribution >= 0.6 is 0 Å². The Morgan fingerprint density at radius 1 is 0.224 bits per heavy atom. The minimum absolute atomic E-state index is 0.535. The second-order valence-corrected chi connectivity index (χ2v) is 14.4. The molecule has 270 valence electrons. The number of aromatic nitrogens is 5. The number of pyridine rings is 1. The van der Waals surface area contributed by atoms with Crippen LogP contribution in [-0.2, 0) is 0 Å². The van der Waals surface area contributed by atoms with E-state index >= 15 is 0 Å². The van der Waals surface area contributed by atoms with E-state index in [1.165, 1.54) is 0 Å². The Morgan fingerprint density at radius 3 is 1.00 bits per heavy atom. The summed E-state index contributed by atoms with van der Waals surface area (Å²) < 4.78 is 0. The van der Waals surface area contributed by atoms with Crippen LogP contribution in [0.15, 0.2) is 200 Å². The zero-order valence-electron chi connectivity index (χ0n) is 31.3. The lowest BCUT2D eigenvalue weighted by atomic mass is 9.95. The van der Waals surface area contributed by atoms with E-state index < -0.39 is 0 Å². The van der Waals surface area contributed by atoms with E-state index in [2.05, 4.69) is 133 Å². The van der Waals surface area contributed by atoms with Crippen LogP contribution in [0.4, 0.5) is 0 Å². The average Bonchev–Trinajstić information content (AvgIpc) is 3.31. The van der Waals surface area contributed by atoms with Crippen LogP contribution < -0.4 is 0 Å². The van der Waals surface area contributed by atoms with Gasteiger partial charge in [-0.25, -0.2) is 24.9 Å². The lowest BCUT2D eigenvalue weighted by molar-refractivity contribution is 1.15. The van der Waals surface area contributed by atoms with Gasteiger partial charge in [-0.05, 0) is 57.3 Å². The van der Waals surface area contributed by atoms with Gasteiger partial charge in [0.1, 0.15) is 11.4 Å². The van der Waals surface area contributed by atoms with Crippen LogP contribution in [0.1, 0.15) is 0 Å². The van der Waals surface area contributed by atoms with E-state index in [0.717, 1.165) is 88.1 Å². The van der Waals surface area contributed by atoms with Crippen LogP contribution in [0.5, 0.6) is 0 Å². The molecule has 0 saturated carbocycles. The number of rotatable bonds is 6. The molecule has 58 heavy (non-hydrogen) atoms. The van der Waals surface area contributed by atoms with Crippen molar-refractivity contribution in [3.05, 3.63) is 200 Å². The van der Waals surface area contributed by atoms with Crippen molar-refractivity contribution < 1.29 is 0 Å². The first-order valence-corrected chi connectivity index (χ1v) is 19.4. The molecule has 3 aromatic heterocycles. The van der Waals surface area contributed by atoms with Crippen LogP contribution in [0.3, 0.4) is 0 Å². The molecular weight excluding hydrogens is 707 g/mol. The zero-order valence-corrected chi connectivity index (χ0v) is 31.3. The number of fused-ring (bicyclic) bond motifs is 6. The lowest BCUT2D eigenvalue weighted by Gasteiger charge is -2.14. The highest BCUT2D eigenvalue weighted by Crippen LogP contribution is 2.39. The third-order valence-electron chi connectivity index (χ3n) is 10.9. The molecule has 0 bridgehead atoms. The summed E-state index contributed by atoms with van der Waals surface area (Å²) >= 11 is 0. The molecule has 0 aliphatic carbocycles. The highest BCUT2D eigenvalue weighted by molar-refractivity contribution is 6.14. The van der Waals surface area contributed by atoms with Gasteiger partial charge < -0.3 is 0 Å². The highest BCUT2D eigenvalue weighted by atomic mass is 15.0. The van der Waals surface area contributed by atoms with Gasteiger partial charge in [-0.1, -0.05) is 176 Å². The maximum atomic E-state index is 5.31. The van der Waals surface area contributed by atoms with E-state index in [0.29, 0.717) is 23.0 Å². The second-order valence-electron chi connectivity index (χ2n) is 14.4. The standard InChI is InChI=1S/C53H33N5/c1-5-16-34(17-6-1)38-24-13-26-42-40(38)30-32-44-48(36-20-9-3-10-21-36)55-52(57-50(42)44)46-28-15-29-47(54-46)53-56-49(37-22-11-4-12-23-37)45-33-31-41-39(35-18-7-2-8-19-35)25-14-27-43(41)51(45)58-53/h1-33H. The summed E-state index contributed by atoms with van der Waals surface area (Å²) in [5.74, 6) is 1.07. The molecule has 0 saturated heterocycles. The van der Waals surface area contributed by atoms with E-state index in [1.54, 1.807) is 0 Å². The summed E-state index contributed by atoms with van der Waals surface area (Å²) in [6, 6.07) is 69.2. The third kappa shape index (κ3) is 5.76. The molecule has 0 fully saturated rings. The first-order valence-electron chi connectivity index (χ1n) is 19.4. The monoisotopic (exact) mass is 739 g/mol. The first kappa shape index (κ1) is 33.4. The largest absolute Gasteiger partial charge is 0.241 e. The quantitative estimate of drug-likeness (QED) is 0.159. The van der Waals surface area contributed by atoms with Gasteiger partial charge >= 0.3 is 0 Å². The molecule has 3 heterocycles. The maximum absolute atomic E-state index is 5.31. The van der Waals surface area contributed by atoms with Crippen molar-refractivity contribution in [3.63, 3.8) is 0 Å². The number of hydrogen-bond acceptors (Lipinski definition) is 5. The molecule has 0 unspecified atom stereocenters. The summed E-state index contributed by atoms with van der Waals surface area (Å²) in [6.45, 7) is 0. The van der Waals surface area contributed by atoms with Gasteiger partial charge in [0.05, 0.1) is 22.4 Å². The van der Waals surface area contributed by atoms with Gasteiger partial charge in [-0.15, -0.1) is 0 Å². The second kappa shape index (κ2) is 14.0. The van der Waals surface area contributed by atoms with E-state index in [-0.39, 0.29) is 0 Å². The van der Waals surface area contributed by atoms with Crippen LogP contribution in [0, 0.1) is 0 Å². The van der Waals surface area contributed by atoms with Crippen LogP contribution in [0.25, 0.3) is 111 Å². The third-order valence-corrected chi connectivity index (χ3v) is 10.9. The molecule has 0 aliphatic heterocycles. The molecule has 0 aliphatic rings. The summed E-state index contributed by atoms with van der Waals surface area (Å²) in [5, 5.41) is 6.34. The van der Waals surface area contributed by atoms with Crippen molar-refractivity contribution in [1.29, 1.82) is 0 Å². The van der Waals surface area contributed by atoms with Crippen molar-refractivity contribution in [3.8, 4) is 67.8 Å². The van der Waals surface area contributed by atoms with Crippen molar-refractivity contribution in [1.82, 2.24) is 24.9 Å².